The highest BCUT2D eigenvalue weighted by molar-refractivity contribution is 5.95. The van der Waals surface area contributed by atoms with Gasteiger partial charge in [-0.2, -0.15) is 0 Å². The van der Waals surface area contributed by atoms with Crippen molar-refractivity contribution in [3.05, 3.63) is 78.4 Å². The number of nitrogens with one attached hydrogen (secondary N) is 1. The molecule has 1 saturated heterocycles. The molecule has 2 aromatic heterocycles. The Hall–Kier alpha value is -3.41. The molecule has 0 bridgehead atoms. The molecule has 1 N–H and O–H groups in total. The van der Waals surface area contributed by atoms with E-state index in [0.29, 0.717) is 37.5 Å². The molecule has 31 heavy (non-hydrogen) atoms. The lowest BCUT2D eigenvalue weighted by molar-refractivity contribution is -0.121. The van der Waals surface area contributed by atoms with Crippen LogP contribution in [0.25, 0.3) is 5.69 Å². The normalized spacial score (nSPS) is 14.6. The van der Waals surface area contributed by atoms with Crippen LogP contribution in [0.3, 0.4) is 0 Å². The molecule has 0 saturated carbocycles. The zero-order chi connectivity index (χ0) is 21.8. The average Bonchev–Trinajstić information content (AvgIpc) is 3.29. The van der Waals surface area contributed by atoms with E-state index in [9.17, 15) is 9.59 Å². The molecule has 1 fully saturated rings. The van der Waals surface area contributed by atoms with Gasteiger partial charge in [0.2, 0.25) is 5.91 Å². The van der Waals surface area contributed by atoms with Gasteiger partial charge in [-0.25, -0.2) is 0 Å². The molecule has 2 amide bonds. The number of anilines is 1. The fourth-order valence-electron chi connectivity index (χ4n) is 3.98. The maximum atomic E-state index is 13.1. The minimum atomic E-state index is -0.0843. The Bertz CT molecular complexity index is 1030. The number of aromatic nitrogens is 2. The summed E-state index contributed by atoms with van der Waals surface area (Å²) in [5, 5.41) is 3.03. The summed E-state index contributed by atoms with van der Waals surface area (Å²) in [4.78, 5) is 31.8. The molecule has 0 unspecified atom stereocenters. The molecular formula is C25H28N4O2. The Morgan fingerprint density at radius 3 is 2.42 bits per heavy atom. The molecule has 160 valence electrons. The number of hydrogen-bond donors (Lipinski definition) is 1. The maximum Gasteiger partial charge on any atom is 0.270 e. The van der Waals surface area contributed by atoms with Crippen molar-refractivity contribution in [2.75, 3.05) is 18.4 Å². The van der Waals surface area contributed by atoms with Gasteiger partial charge in [0, 0.05) is 37.1 Å². The van der Waals surface area contributed by atoms with Crippen LogP contribution in [-0.4, -0.2) is 39.4 Å². The predicted octanol–water partition coefficient (Wildman–Crippen LogP) is 4.49. The Balaban J connectivity index is 1.35. The van der Waals surface area contributed by atoms with Crippen LogP contribution in [0.5, 0.6) is 0 Å². The summed E-state index contributed by atoms with van der Waals surface area (Å²) in [6.45, 7) is 5.44. The van der Waals surface area contributed by atoms with Crippen LogP contribution >= 0.6 is 0 Å². The molecule has 1 aliphatic heterocycles. The summed E-state index contributed by atoms with van der Waals surface area (Å²) >= 11 is 0. The predicted molar refractivity (Wildman–Crippen MR) is 121 cm³/mol. The number of likely N-dealkylation sites (tertiary alicyclic amines) is 1. The van der Waals surface area contributed by atoms with E-state index in [4.69, 9.17) is 0 Å². The lowest BCUT2D eigenvalue weighted by atomic mass is 9.95. The van der Waals surface area contributed by atoms with Gasteiger partial charge >= 0.3 is 0 Å². The molecular weight excluding hydrogens is 388 g/mol. The highest BCUT2D eigenvalue weighted by atomic mass is 16.2. The monoisotopic (exact) mass is 416 g/mol. The zero-order valence-corrected chi connectivity index (χ0v) is 18.0. The van der Waals surface area contributed by atoms with Crippen LogP contribution in [0.2, 0.25) is 0 Å². The van der Waals surface area contributed by atoms with Gasteiger partial charge in [-0.15, -0.1) is 0 Å². The highest BCUT2D eigenvalue weighted by Gasteiger charge is 2.29. The molecule has 0 atom stereocenters. The third-order valence-electron chi connectivity index (χ3n) is 5.89. The van der Waals surface area contributed by atoms with E-state index in [1.807, 2.05) is 52.1 Å². The molecule has 0 aliphatic carbocycles. The number of pyridine rings is 1. The van der Waals surface area contributed by atoms with E-state index < -0.39 is 0 Å². The Morgan fingerprint density at radius 1 is 1.03 bits per heavy atom. The van der Waals surface area contributed by atoms with E-state index in [2.05, 4.69) is 36.3 Å². The quantitative estimate of drug-likeness (QED) is 0.667. The van der Waals surface area contributed by atoms with Crippen molar-refractivity contribution in [2.24, 2.45) is 5.92 Å². The van der Waals surface area contributed by atoms with Crippen molar-refractivity contribution >= 4 is 17.5 Å². The van der Waals surface area contributed by atoms with Crippen LogP contribution in [0.4, 0.5) is 5.69 Å². The Kier molecular flexibility index (Phi) is 6.16. The first kappa shape index (κ1) is 20.8. The lowest BCUT2D eigenvalue weighted by Crippen LogP contribution is -2.42. The SMILES string of the molecule is CC(C)c1ccc(NC(=O)C2CCN(C(=O)c3cccn3-c3cccnc3)CC2)cc1. The van der Waals surface area contributed by atoms with Gasteiger partial charge in [0.05, 0.1) is 11.9 Å². The summed E-state index contributed by atoms with van der Waals surface area (Å²) in [5.74, 6) is 0.393. The molecule has 0 radical (unpaired) electrons. The second kappa shape index (κ2) is 9.16. The van der Waals surface area contributed by atoms with Crippen molar-refractivity contribution in [3.63, 3.8) is 0 Å². The van der Waals surface area contributed by atoms with Gasteiger partial charge in [0.1, 0.15) is 5.69 Å². The number of rotatable bonds is 5. The van der Waals surface area contributed by atoms with E-state index >= 15 is 0 Å². The van der Waals surface area contributed by atoms with Crippen LogP contribution in [0.1, 0.15) is 48.7 Å². The Labute approximate surface area is 182 Å². The first-order chi connectivity index (χ1) is 15.0. The Morgan fingerprint density at radius 2 is 1.77 bits per heavy atom. The highest BCUT2D eigenvalue weighted by Crippen LogP contribution is 2.23. The molecule has 6 heteroatoms. The van der Waals surface area contributed by atoms with E-state index in [-0.39, 0.29) is 17.7 Å². The largest absolute Gasteiger partial charge is 0.337 e. The van der Waals surface area contributed by atoms with Gasteiger partial charge in [-0.3, -0.25) is 14.6 Å². The summed E-state index contributed by atoms with van der Waals surface area (Å²) in [6.07, 6.45) is 6.64. The second-order valence-corrected chi connectivity index (χ2v) is 8.31. The fourth-order valence-corrected chi connectivity index (χ4v) is 3.98. The van der Waals surface area contributed by atoms with E-state index in [1.165, 1.54) is 5.56 Å². The molecule has 1 aliphatic rings. The summed E-state index contributed by atoms with van der Waals surface area (Å²) in [5.41, 5.74) is 3.54. The number of piperidine rings is 1. The standard InChI is InChI=1S/C25H28N4O2/c1-18(2)19-7-9-21(10-8-19)27-24(30)20-11-15-28(16-12-20)25(31)23-6-4-14-29(23)22-5-3-13-26-17-22/h3-10,13-14,17-18,20H,11-12,15-16H2,1-2H3,(H,27,30). The van der Waals surface area contributed by atoms with E-state index in [1.54, 1.807) is 12.4 Å². The molecule has 1 aromatic carbocycles. The van der Waals surface area contributed by atoms with Gasteiger partial charge in [0.25, 0.3) is 5.91 Å². The molecule has 3 aromatic rings. The van der Waals surface area contributed by atoms with Gasteiger partial charge in [0.15, 0.2) is 0 Å². The van der Waals surface area contributed by atoms with E-state index in [0.717, 1.165) is 11.4 Å². The minimum Gasteiger partial charge on any atom is -0.337 e. The molecule has 4 rings (SSSR count). The van der Waals surface area contributed by atoms with Crippen molar-refractivity contribution < 1.29 is 9.59 Å². The first-order valence-electron chi connectivity index (χ1n) is 10.8. The number of nitrogens with zero attached hydrogens (tertiary/aromatic N) is 3. The summed E-state index contributed by atoms with van der Waals surface area (Å²) in [6, 6.07) is 15.5. The third kappa shape index (κ3) is 4.68. The number of benzene rings is 1. The number of hydrogen-bond acceptors (Lipinski definition) is 3. The topological polar surface area (TPSA) is 67.2 Å². The number of amides is 2. The molecule has 0 spiro atoms. The van der Waals surface area contributed by atoms with Gasteiger partial charge < -0.3 is 14.8 Å². The molecule has 3 heterocycles. The van der Waals surface area contributed by atoms with Gasteiger partial charge in [-0.05, 0) is 60.7 Å². The smallest absolute Gasteiger partial charge is 0.270 e. The first-order valence-corrected chi connectivity index (χ1v) is 10.8. The van der Waals surface area contributed by atoms with Crippen LogP contribution in [0, 0.1) is 5.92 Å². The summed E-state index contributed by atoms with van der Waals surface area (Å²) in [7, 11) is 0. The maximum absolute atomic E-state index is 13.1. The van der Waals surface area contributed by atoms with Crippen LogP contribution in [0.15, 0.2) is 67.1 Å². The van der Waals surface area contributed by atoms with Crippen LogP contribution in [-0.2, 0) is 4.79 Å². The average molecular weight is 417 g/mol. The second-order valence-electron chi connectivity index (χ2n) is 8.31. The minimum absolute atomic E-state index is 0.0167. The molecule has 6 nitrogen and oxygen atoms in total. The number of carbonyl (C=O) groups is 2. The van der Waals surface area contributed by atoms with Crippen molar-refractivity contribution in [3.8, 4) is 5.69 Å². The van der Waals surface area contributed by atoms with Crippen LogP contribution < -0.4 is 5.32 Å². The van der Waals surface area contributed by atoms with Gasteiger partial charge in [-0.1, -0.05) is 26.0 Å². The lowest BCUT2D eigenvalue weighted by Gasteiger charge is -2.31. The van der Waals surface area contributed by atoms with Crippen molar-refractivity contribution in [1.82, 2.24) is 14.5 Å². The fraction of sp³-hybridized carbons (Fsp3) is 0.320. The van der Waals surface area contributed by atoms with Crippen molar-refractivity contribution in [1.29, 1.82) is 0 Å². The van der Waals surface area contributed by atoms with Crippen molar-refractivity contribution in [2.45, 2.75) is 32.6 Å². The zero-order valence-electron chi connectivity index (χ0n) is 18.0. The number of carbonyl (C=O) groups excluding carboxylic acids is 2. The summed E-state index contributed by atoms with van der Waals surface area (Å²) < 4.78 is 1.86. The third-order valence-corrected chi connectivity index (χ3v) is 5.89.